The quantitative estimate of drug-likeness (QED) is 0.909. The van der Waals surface area contributed by atoms with Gasteiger partial charge in [0.2, 0.25) is 0 Å². The molecule has 1 aromatic rings. The SMILES string of the molecule is CC(C)CC1CN(C(C)c2nccs2)C(C)CN1. The maximum atomic E-state index is 4.47. The summed E-state index contributed by atoms with van der Waals surface area (Å²) < 4.78 is 0. The van der Waals surface area contributed by atoms with Crippen LogP contribution in [-0.2, 0) is 0 Å². The zero-order valence-electron chi connectivity index (χ0n) is 11.9. The largest absolute Gasteiger partial charge is 0.311 e. The summed E-state index contributed by atoms with van der Waals surface area (Å²) in [5, 5.41) is 6.99. The van der Waals surface area contributed by atoms with E-state index in [-0.39, 0.29) is 0 Å². The van der Waals surface area contributed by atoms with Crippen LogP contribution in [-0.4, -0.2) is 35.1 Å². The van der Waals surface area contributed by atoms with Crippen molar-refractivity contribution in [2.24, 2.45) is 5.92 Å². The minimum absolute atomic E-state index is 0.441. The van der Waals surface area contributed by atoms with E-state index in [1.807, 2.05) is 6.20 Å². The smallest absolute Gasteiger partial charge is 0.109 e. The fourth-order valence-electron chi connectivity index (χ4n) is 2.80. The molecule has 3 atom stereocenters. The summed E-state index contributed by atoms with van der Waals surface area (Å²) in [6, 6.07) is 1.66. The number of piperazine rings is 1. The molecule has 0 amide bonds. The molecule has 0 aliphatic carbocycles. The summed E-state index contributed by atoms with van der Waals surface area (Å²) in [6.07, 6.45) is 3.17. The predicted molar refractivity (Wildman–Crippen MR) is 77.9 cm³/mol. The Kier molecular flexibility index (Phi) is 4.76. The van der Waals surface area contributed by atoms with E-state index in [0.717, 1.165) is 19.0 Å². The van der Waals surface area contributed by atoms with Crippen molar-refractivity contribution < 1.29 is 0 Å². The average Bonchev–Trinajstić information content (AvgIpc) is 2.83. The van der Waals surface area contributed by atoms with Gasteiger partial charge in [0.15, 0.2) is 0 Å². The molecule has 2 heterocycles. The Bertz CT molecular complexity index is 350. The van der Waals surface area contributed by atoms with Gasteiger partial charge in [-0.3, -0.25) is 4.90 Å². The number of rotatable bonds is 4. The van der Waals surface area contributed by atoms with Gasteiger partial charge < -0.3 is 5.32 Å². The number of aromatic nitrogens is 1. The van der Waals surface area contributed by atoms with Crippen LogP contribution in [0.2, 0.25) is 0 Å². The van der Waals surface area contributed by atoms with Gasteiger partial charge in [0.1, 0.15) is 5.01 Å². The Labute approximate surface area is 115 Å². The van der Waals surface area contributed by atoms with Gasteiger partial charge in [-0.1, -0.05) is 13.8 Å². The van der Waals surface area contributed by atoms with Crippen molar-refractivity contribution in [3.63, 3.8) is 0 Å². The fraction of sp³-hybridized carbons (Fsp3) is 0.786. The fourth-order valence-corrected chi connectivity index (χ4v) is 3.52. The van der Waals surface area contributed by atoms with E-state index in [9.17, 15) is 0 Å². The van der Waals surface area contributed by atoms with Crippen LogP contribution in [0.1, 0.15) is 45.2 Å². The molecule has 2 rings (SSSR count). The first-order valence-corrected chi connectivity index (χ1v) is 7.84. The number of nitrogens with zero attached hydrogens (tertiary/aromatic N) is 2. The van der Waals surface area contributed by atoms with Crippen molar-refractivity contribution in [2.75, 3.05) is 13.1 Å². The minimum Gasteiger partial charge on any atom is -0.311 e. The minimum atomic E-state index is 0.441. The van der Waals surface area contributed by atoms with E-state index < -0.39 is 0 Å². The van der Waals surface area contributed by atoms with Crippen molar-refractivity contribution in [1.82, 2.24) is 15.2 Å². The zero-order chi connectivity index (χ0) is 13.1. The molecule has 1 N–H and O–H groups in total. The molecule has 1 aliphatic rings. The molecule has 1 fully saturated rings. The third kappa shape index (κ3) is 3.31. The summed E-state index contributed by atoms with van der Waals surface area (Å²) in [5.74, 6) is 0.757. The van der Waals surface area contributed by atoms with Crippen molar-refractivity contribution in [2.45, 2.75) is 52.2 Å². The monoisotopic (exact) mass is 267 g/mol. The number of thiazole rings is 1. The summed E-state index contributed by atoms with van der Waals surface area (Å²) in [5.41, 5.74) is 0. The summed E-state index contributed by atoms with van der Waals surface area (Å²) >= 11 is 1.77. The lowest BCUT2D eigenvalue weighted by Crippen LogP contribution is -2.56. The summed E-state index contributed by atoms with van der Waals surface area (Å²) in [4.78, 5) is 7.07. The first kappa shape index (κ1) is 14.0. The molecule has 0 bridgehead atoms. The second-order valence-electron chi connectivity index (χ2n) is 5.83. The van der Waals surface area contributed by atoms with Crippen LogP contribution in [0, 0.1) is 5.92 Å². The van der Waals surface area contributed by atoms with Crippen LogP contribution in [0.15, 0.2) is 11.6 Å². The summed E-state index contributed by atoms with van der Waals surface area (Å²) in [7, 11) is 0. The molecule has 0 spiro atoms. The van der Waals surface area contributed by atoms with Crippen molar-refractivity contribution in [3.8, 4) is 0 Å². The molecule has 18 heavy (non-hydrogen) atoms. The molecule has 1 aliphatic heterocycles. The van der Waals surface area contributed by atoms with Gasteiger partial charge in [-0.05, 0) is 26.2 Å². The highest BCUT2D eigenvalue weighted by Crippen LogP contribution is 2.26. The van der Waals surface area contributed by atoms with Gasteiger partial charge in [-0.2, -0.15) is 0 Å². The van der Waals surface area contributed by atoms with E-state index in [2.05, 4.69) is 48.3 Å². The van der Waals surface area contributed by atoms with E-state index in [1.54, 1.807) is 11.3 Å². The standard InChI is InChI=1S/C14H25N3S/c1-10(2)7-13-9-17(11(3)8-16-13)12(4)14-15-5-6-18-14/h5-6,10-13,16H,7-9H2,1-4H3. The Morgan fingerprint density at radius 2 is 2.28 bits per heavy atom. The molecule has 1 saturated heterocycles. The highest BCUT2D eigenvalue weighted by molar-refractivity contribution is 7.09. The Morgan fingerprint density at radius 1 is 1.50 bits per heavy atom. The number of hydrogen-bond donors (Lipinski definition) is 1. The van der Waals surface area contributed by atoms with Gasteiger partial charge in [0.05, 0.1) is 6.04 Å². The van der Waals surface area contributed by atoms with Gasteiger partial charge in [0.25, 0.3) is 0 Å². The highest BCUT2D eigenvalue weighted by Gasteiger charge is 2.30. The third-order valence-electron chi connectivity index (χ3n) is 3.76. The van der Waals surface area contributed by atoms with Gasteiger partial charge in [0, 0.05) is 36.8 Å². The maximum Gasteiger partial charge on any atom is 0.109 e. The lowest BCUT2D eigenvalue weighted by atomic mass is 9.99. The molecule has 102 valence electrons. The van der Waals surface area contributed by atoms with E-state index in [0.29, 0.717) is 18.1 Å². The maximum absolute atomic E-state index is 4.47. The lowest BCUT2D eigenvalue weighted by molar-refractivity contribution is 0.0922. The van der Waals surface area contributed by atoms with E-state index >= 15 is 0 Å². The Hall–Kier alpha value is -0.450. The molecule has 1 aromatic heterocycles. The van der Waals surface area contributed by atoms with Crippen LogP contribution >= 0.6 is 11.3 Å². The van der Waals surface area contributed by atoms with E-state index in [4.69, 9.17) is 0 Å². The molecule has 3 unspecified atom stereocenters. The normalized spacial score (nSPS) is 27.6. The molecule has 0 aromatic carbocycles. The topological polar surface area (TPSA) is 28.2 Å². The van der Waals surface area contributed by atoms with Crippen LogP contribution < -0.4 is 5.32 Å². The van der Waals surface area contributed by atoms with E-state index in [1.165, 1.54) is 11.4 Å². The van der Waals surface area contributed by atoms with Crippen LogP contribution in [0.25, 0.3) is 0 Å². The predicted octanol–water partition coefficient (Wildman–Crippen LogP) is 2.91. The van der Waals surface area contributed by atoms with Crippen molar-refractivity contribution in [3.05, 3.63) is 16.6 Å². The molecule has 0 radical (unpaired) electrons. The molecule has 3 nitrogen and oxygen atoms in total. The highest BCUT2D eigenvalue weighted by atomic mass is 32.1. The first-order chi connectivity index (χ1) is 8.58. The van der Waals surface area contributed by atoms with Crippen LogP contribution in [0.3, 0.4) is 0 Å². The second kappa shape index (κ2) is 6.13. The molecular weight excluding hydrogens is 242 g/mol. The summed E-state index contributed by atoms with van der Waals surface area (Å²) in [6.45, 7) is 11.4. The van der Waals surface area contributed by atoms with Gasteiger partial charge in [-0.15, -0.1) is 11.3 Å². The van der Waals surface area contributed by atoms with Gasteiger partial charge in [-0.25, -0.2) is 4.98 Å². The van der Waals surface area contributed by atoms with Crippen molar-refractivity contribution >= 4 is 11.3 Å². The Morgan fingerprint density at radius 3 is 2.89 bits per heavy atom. The third-order valence-corrected chi connectivity index (χ3v) is 4.71. The Balaban J connectivity index is 2.01. The number of nitrogens with one attached hydrogen (secondary N) is 1. The van der Waals surface area contributed by atoms with Gasteiger partial charge >= 0.3 is 0 Å². The lowest BCUT2D eigenvalue weighted by Gasteiger charge is -2.42. The second-order valence-corrected chi connectivity index (χ2v) is 6.75. The van der Waals surface area contributed by atoms with Crippen LogP contribution in [0.5, 0.6) is 0 Å². The van der Waals surface area contributed by atoms with Crippen LogP contribution in [0.4, 0.5) is 0 Å². The molecular formula is C14H25N3S. The number of hydrogen-bond acceptors (Lipinski definition) is 4. The average molecular weight is 267 g/mol. The van der Waals surface area contributed by atoms with Crippen molar-refractivity contribution in [1.29, 1.82) is 0 Å². The molecule has 4 heteroatoms. The molecule has 0 saturated carbocycles. The zero-order valence-corrected chi connectivity index (χ0v) is 12.7. The first-order valence-electron chi connectivity index (χ1n) is 6.96.